The second-order valence-corrected chi connectivity index (χ2v) is 8.75. The van der Waals surface area contributed by atoms with Crippen LogP contribution < -0.4 is 4.90 Å². The van der Waals surface area contributed by atoms with E-state index in [4.69, 9.17) is 0 Å². The molecule has 0 N–H and O–H groups in total. The average Bonchev–Trinajstić information content (AvgIpc) is 2.62. The average molecular weight is 355 g/mol. The Morgan fingerprint density at radius 3 is 2.20 bits per heavy atom. The van der Waals surface area contributed by atoms with Crippen molar-refractivity contribution in [2.24, 2.45) is 0 Å². The fourth-order valence-corrected chi connectivity index (χ4v) is 4.45. The summed E-state index contributed by atoms with van der Waals surface area (Å²) in [5.41, 5.74) is 1.24. The number of piperazine rings is 1. The van der Waals surface area contributed by atoms with Gasteiger partial charge in [0.2, 0.25) is 5.91 Å². The van der Waals surface area contributed by atoms with Crippen LogP contribution in [0.1, 0.15) is 20.8 Å². The minimum absolute atomic E-state index is 0.223. The van der Waals surface area contributed by atoms with Gasteiger partial charge in [-0.2, -0.15) is 0 Å². The number of para-hydroxylation sites is 1. The van der Waals surface area contributed by atoms with Gasteiger partial charge in [0, 0.05) is 36.3 Å². The first-order chi connectivity index (χ1) is 12.0. The van der Waals surface area contributed by atoms with Gasteiger partial charge in [0.15, 0.2) is 0 Å². The zero-order chi connectivity index (χ0) is 17.9. The van der Waals surface area contributed by atoms with Gasteiger partial charge < -0.3 is 9.80 Å². The first-order valence-electron chi connectivity index (χ1n) is 8.82. The summed E-state index contributed by atoms with van der Waals surface area (Å²) in [6.45, 7) is 8.68. The van der Waals surface area contributed by atoms with E-state index >= 15 is 0 Å². The fraction of sp³-hybridized carbons (Fsp3) is 0.381. The molecule has 1 atom stereocenters. The van der Waals surface area contributed by atoms with Crippen LogP contribution in [0.5, 0.6) is 0 Å². The molecule has 132 valence electrons. The second kappa shape index (κ2) is 7.52. The van der Waals surface area contributed by atoms with Crippen LogP contribution in [0.3, 0.4) is 0 Å². The molecule has 1 saturated heterocycles. The maximum absolute atomic E-state index is 13.1. The van der Waals surface area contributed by atoms with E-state index in [0.717, 1.165) is 24.5 Å². The van der Waals surface area contributed by atoms with Crippen LogP contribution in [-0.4, -0.2) is 41.2 Å². The molecule has 1 fully saturated rings. The molecule has 0 saturated carbocycles. The van der Waals surface area contributed by atoms with Crippen molar-refractivity contribution in [2.75, 3.05) is 24.5 Å². The highest BCUT2D eigenvalue weighted by Crippen LogP contribution is 2.34. The third-order valence-electron chi connectivity index (χ3n) is 4.63. The van der Waals surface area contributed by atoms with Crippen LogP contribution >= 0.6 is 11.8 Å². The lowest BCUT2D eigenvalue weighted by Crippen LogP contribution is -2.57. The number of benzene rings is 2. The highest BCUT2D eigenvalue weighted by Gasteiger charge is 2.36. The Morgan fingerprint density at radius 1 is 1.00 bits per heavy atom. The molecule has 2 aromatic rings. The first-order valence-corrected chi connectivity index (χ1v) is 9.64. The molecule has 0 bridgehead atoms. The van der Waals surface area contributed by atoms with Crippen molar-refractivity contribution >= 4 is 23.4 Å². The standard InChI is InChI=1S/C21H26N2OS/c1-17-16-22(14-15-23(17)18-10-6-4-7-11-18)20(24)21(2,3)25-19-12-8-5-9-13-19/h4-13,17H,14-16H2,1-3H3. The number of carbonyl (C=O) groups is 1. The fourth-order valence-electron chi connectivity index (χ4n) is 3.35. The number of carbonyl (C=O) groups excluding carboxylic acids is 1. The number of hydrogen-bond donors (Lipinski definition) is 0. The van der Waals surface area contributed by atoms with Crippen LogP contribution in [0.25, 0.3) is 0 Å². The molecular formula is C21H26N2OS. The van der Waals surface area contributed by atoms with Gasteiger partial charge >= 0.3 is 0 Å². The van der Waals surface area contributed by atoms with E-state index in [1.807, 2.05) is 43.0 Å². The number of thioether (sulfide) groups is 1. The van der Waals surface area contributed by atoms with E-state index in [2.05, 4.69) is 48.2 Å². The van der Waals surface area contributed by atoms with Crippen molar-refractivity contribution in [3.63, 3.8) is 0 Å². The van der Waals surface area contributed by atoms with E-state index in [9.17, 15) is 4.79 Å². The Balaban J connectivity index is 1.66. The van der Waals surface area contributed by atoms with E-state index in [0.29, 0.717) is 6.04 Å². The number of amides is 1. The molecule has 1 heterocycles. The third-order valence-corrected chi connectivity index (χ3v) is 5.83. The molecule has 0 aliphatic carbocycles. The summed E-state index contributed by atoms with van der Waals surface area (Å²) in [6, 6.07) is 20.9. The van der Waals surface area contributed by atoms with Crippen LogP contribution in [0.4, 0.5) is 5.69 Å². The van der Waals surface area contributed by atoms with E-state index < -0.39 is 4.75 Å². The Bertz CT molecular complexity index is 702. The van der Waals surface area contributed by atoms with Crippen molar-refractivity contribution in [3.8, 4) is 0 Å². The molecule has 0 spiro atoms. The van der Waals surface area contributed by atoms with Gasteiger partial charge in [-0.05, 0) is 45.0 Å². The smallest absolute Gasteiger partial charge is 0.238 e. The Labute approximate surface area is 155 Å². The van der Waals surface area contributed by atoms with Gasteiger partial charge in [0.1, 0.15) is 0 Å². The number of hydrogen-bond acceptors (Lipinski definition) is 3. The molecule has 1 amide bonds. The van der Waals surface area contributed by atoms with Crippen molar-refractivity contribution in [1.82, 2.24) is 4.90 Å². The summed E-state index contributed by atoms with van der Waals surface area (Å²) in [6.07, 6.45) is 0. The number of anilines is 1. The Morgan fingerprint density at radius 2 is 1.60 bits per heavy atom. The van der Waals surface area contributed by atoms with E-state index in [1.165, 1.54) is 5.69 Å². The van der Waals surface area contributed by atoms with Crippen LogP contribution in [0, 0.1) is 0 Å². The molecular weight excluding hydrogens is 328 g/mol. The lowest BCUT2D eigenvalue weighted by Gasteiger charge is -2.43. The summed E-state index contributed by atoms with van der Waals surface area (Å²) < 4.78 is -0.462. The van der Waals surface area contributed by atoms with E-state index in [1.54, 1.807) is 11.8 Å². The molecule has 0 radical (unpaired) electrons. The predicted octanol–water partition coefficient (Wildman–Crippen LogP) is 4.29. The molecule has 25 heavy (non-hydrogen) atoms. The molecule has 4 heteroatoms. The van der Waals surface area contributed by atoms with Crippen LogP contribution in [0.2, 0.25) is 0 Å². The molecule has 0 aromatic heterocycles. The maximum Gasteiger partial charge on any atom is 0.238 e. The van der Waals surface area contributed by atoms with Gasteiger partial charge in [-0.3, -0.25) is 4.79 Å². The topological polar surface area (TPSA) is 23.6 Å². The molecule has 1 aliphatic rings. The highest BCUT2D eigenvalue weighted by molar-refractivity contribution is 8.01. The molecule has 3 rings (SSSR count). The predicted molar refractivity (Wildman–Crippen MR) is 106 cm³/mol. The number of rotatable bonds is 4. The summed E-state index contributed by atoms with van der Waals surface area (Å²) in [5, 5.41) is 0. The number of nitrogens with zero attached hydrogens (tertiary/aromatic N) is 2. The summed E-state index contributed by atoms with van der Waals surface area (Å²) in [7, 11) is 0. The Hall–Kier alpha value is -1.94. The van der Waals surface area contributed by atoms with Gasteiger partial charge in [0.25, 0.3) is 0 Å². The SMILES string of the molecule is CC1CN(C(=O)C(C)(C)Sc2ccccc2)CCN1c1ccccc1. The quantitative estimate of drug-likeness (QED) is 0.765. The molecule has 1 unspecified atom stereocenters. The lowest BCUT2D eigenvalue weighted by atomic mass is 10.1. The molecule has 1 aliphatic heterocycles. The van der Waals surface area contributed by atoms with Crippen LogP contribution in [-0.2, 0) is 4.79 Å². The van der Waals surface area contributed by atoms with Gasteiger partial charge in [-0.25, -0.2) is 0 Å². The summed E-state index contributed by atoms with van der Waals surface area (Å²) >= 11 is 1.64. The van der Waals surface area contributed by atoms with E-state index in [-0.39, 0.29) is 5.91 Å². The van der Waals surface area contributed by atoms with Crippen LogP contribution in [0.15, 0.2) is 65.6 Å². The van der Waals surface area contributed by atoms with Crippen molar-refractivity contribution in [1.29, 1.82) is 0 Å². The third kappa shape index (κ3) is 4.18. The second-order valence-electron chi connectivity index (χ2n) is 7.05. The first kappa shape index (κ1) is 17.9. The van der Waals surface area contributed by atoms with Gasteiger partial charge in [-0.1, -0.05) is 36.4 Å². The normalized spacial score (nSPS) is 18.3. The van der Waals surface area contributed by atoms with Crippen molar-refractivity contribution in [2.45, 2.75) is 36.5 Å². The molecule has 2 aromatic carbocycles. The largest absolute Gasteiger partial charge is 0.365 e. The zero-order valence-corrected chi connectivity index (χ0v) is 16.0. The minimum Gasteiger partial charge on any atom is -0.365 e. The van der Waals surface area contributed by atoms with Gasteiger partial charge in [0.05, 0.1) is 4.75 Å². The summed E-state index contributed by atoms with van der Waals surface area (Å²) in [5.74, 6) is 0.223. The van der Waals surface area contributed by atoms with Crippen molar-refractivity contribution in [3.05, 3.63) is 60.7 Å². The lowest BCUT2D eigenvalue weighted by molar-refractivity contribution is -0.133. The van der Waals surface area contributed by atoms with Gasteiger partial charge in [-0.15, -0.1) is 11.8 Å². The monoisotopic (exact) mass is 354 g/mol. The summed E-state index contributed by atoms with van der Waals surface area (Å²) in [4.78, 5) is 18.7. The highest BCUT2D eigenvalue weighted by atomic mass is 32.2. The maximum atomic E-state index is 13.1. The minimum atomic E-state index is -0.462. The Kier molecular flexibility index (Phi) is 5.38. The van der Waals surface area contributed by atoms with Crippen molar-refractivity contribution < 1.29 is 4.79 Å². The molecule has 3 nitrogen and oxygen atoms in total. The zero-order valence-electron chi connectivity index (χ0n) is 15.2.